The fourth-order valence-electron chi connectivity index (χ4n) is 7.27. The van der Waals surface area contributed by atoms with E-state index in [1.807, 2.05) is 74.5 Å². The van der Waals surface area contributed by atoms with E-state index in [0.29, 0.717) is 38.8 Å². The van der Waals surface area contributed by atoms with E-state index in [9.17, 15) is 33.6 Å². The van der Waals surface area contributed by atoms with Crippen molar-refractivity contribution >= 4 is 42.0 Å². The monoisotopic (exact) mass is 923 g/mol. The number of carbonyl (C=O) groups is 7. The minimum absolute atomic E-state index is 0.0115. The Balaban J connectivity index is 1.84. The third kappa shape index (κ3) is 20.0. The lowest BCUT2D eigenvalue weighted by Crippen LogP contribution is -2.59. The first-order valence-corrected chi connectivity index (χ1v) is 22.8. The van der Waals surface area contributed by atoms with Gasteiger partial charge in [-0.3, -0.25) is 14.4 Å². The maximum Gasteiger partial charge on any atom is 0.407 e. The number of nitrogens with zero attached hydrogens (tertiary/aromatic N) is 2. The van der Waals surface area contributed by atoms with Crippen molar-refractivity contribution < 1.29 is 47.8 Å². The Kier molecular flexibility index (Phi) is 21.5. The molecule has 3 rings (SSSR count). The molecule has 2 aromatic rings. The van der Waals surface area contributed by atoms with Crippen molar-refractivity contribution in [2.75, 3.05) is 40.3 Å². The van der Waals surface area contributed by atoms with E-state index >= 15 is 0 Å². The van der Waals surface area contributed by atoms with E-state index in [2.05, 4.69) is 31.9 Å². The molecule has 8 amide bonds. The number of likely N-dealkylation sites (tertiary alicyclic amines) is 1. The summed E-state index contributed by atoms with van der Waals surface area (Å²) in [6.07, 6.45) is 0.737. The highest BCUT2D eigenvalue weighted by molar-refractivity contribution is 5.94. The lowest BCUT2D eigenvalue weighted by molar-refractivity contribution is -0.138. The molecule has 1 aliphatic heterocycles. The summed E-state index contributed by atoms with van der Waals surface area (Å²) in [7, 11) is 2.86. The topological polar surface area (TPSA) is 226 Å². The van der Waals surface area contributed by atoms with Crippen LogP contribution in [0.25, 0.3) is 0 Å². The zero-order valence-corrected chi connectivity index (χ0v) is 40.5. The number of likely N-dealkylation sites (N-methyl/N-ethyl adjacent to an activating group) is 1. The van der Waals surface area contributed by atoms with Gasteiger partial charge in [-0.15, -0.1) is 0 Å². The van der Waals surface area contributed by atoms with Gasteiger partial charge in [0.1, 0.15) is 29.3 Å². The molecule has 1 unspecified atom stereocenters. The molecular formula is C48H74N8O10. The van der Waals surface area contributed by atoms with Crippen molar-refractivity contribution in [3.05, 3.63) is 71.8 Å². The highest BCUT2D eigenvalue weighted by Crippen LogP contribution is 2.20. The van der Waals surface area contributed by atoms with Crippen molar-refractivity contribution in [3.63, 3.8) is 0 Å². The molecule has 4 atom stereocenters. The van der Waals surface area contributed by atoms with Crippen LogP contribution in [-0.4, -0.2) is 128 Å². The minimum Gasteiger partial charge on any atom is -0.453 e. The van der Waals surface area contributed by atoms with Gasteiger partial charge in [0.2, 0.25) is 17.7 Å². The number of ether oxygens (including phenoxy) is 3. The first kappa shape index (κ1) is 54.3. The number of methoxy groups -OCH3 is 1. The minimum atomic E-state index is -1.14. The fourth-order valence-corrected chi connectivity index (χ4v) is 7.27. The second-order valence-corrected chi connectivity index (χ2v) is 19.0. The van der Waals surface area contributed by atoms with E-state index < -0.39 is 71.5 Å². The van der Waals surface area contributed by atoms with E-state index in [-0.39, 0.29) is 50.2 Å². The van der Waals surface area contributed by atoms with Crippen molar-refractivity contribution in [1.29, 1.82) is 0 Å². The van der Waals surface area contributed by atoms with Crippen LogP contribution < -0.4 is 31.9 Å². The molecule has 18 heteroatoms. The Hall–Kier alpha value is -6.07. The van der Waals surface area contributed by atoms with Gasteiger partial charge >= 0.3 is 24.3 Å². The molecule has 6 N–H and O–H groups in total. The largest absolute Gasteiger partial charge is 0.453 e. The lowest BCUT2D eigenvalue weighted by atomic mass is 9.99. The third-order valence-electron chi connectivity index (χ3n) is 10.6. The normalized spacial score (nSPS) is 14.9. The molecule has 0 saturated carbocycles. The molecule has 0 spiro atoms. The van der Waals surface area contributed by atoms with Gasteiger partial charge in [0.15, 0.2) is 0 Å². The average molecular weight is 923 g/mol. The zero-order chi connectivity index (χ0) is 49.0. The van der Waals surface area contributed by atoms with Crippen molar-refractivity contribution in [1.82, 2.24) is 41.7 Å². The predicted molar refractivity (Wildman–Crippen MR) is 250 cm³/mol. The number of unbranched alkanes of at least 4 members (excludes halogenated alkanes) is 1. The van der Waals surface area contributed by atoms with E-state index in [4.69, 9.17) is 14.2 Å². The molecule has 2 aromatic carbocycles. The van der Waals surface area contributed by atoms with E-state index in [1.54, 1.807) is 53.5 Å². The number of hydrogen-bond donors (Lipinski definition) is 6. The second kappa shape index (κ2) is 26.2. The van der Waals surface area contributed by atoms with Gasteiger partial charge in [-0.2, -0.15) is 0 Å². The predicted octanol–water partition coefficient (Wildman–Crippen LogP) is 5.56. The van der Waals surface area contributed by atoms with Crippen LogP contribution in [0.3, 0.4) is 0 Å². The number of nitrogens with one attached hydrogen (secondary N) is 6. The summed E-state index contributed by atoms with van der Waals surface area (Å²) in [5.74, 6) is -1.54. The van der Waals surface area contributed by atoms with Gasteiger partial charge in [-0.05, 0) is 97.1 Å². The molecule has 0 aromatic heterocycles. The molecule has 1 aliphatic rings. The fraction of sp³-hybridized carbons (Fsp3) is 0.604. The SMILES string of the molecule is COC(=O)NC1CCN(C(=O)[C@@H](CCCCNC(=O)OC(C)(C)C)NC(=O)[C@@H](CC(C)C)NC(=O)[C@@H](Cc2ccccc2)NC(=O)N(C)C(CNC(=O)OC(C)(C)C)c2ccccc2)CC1. The van der Waals surface area contributed by atoms with Gasteiger partial charge in [0.25, 0.3) is 0 Å². The first-order valence-electron chi connectivity index (χ1n) is 22.8. The summed E-state index contributed by atoms with van der Waals surface area (Å²) < 4.78 is 15.5. The number of piperidine rings is 1. The average Bonchev–Trinajstić information content (AvgIpc) is 3.24. The van der Waals surface area contributed by atoms with Crippen molar-refractivity contribution in [3.8, 4) is 0 Å². The van der Waals surface area contributed by atoms with E-state index in [1.165, 1.54) is 12.0 Å². The van der Waals surface area contributed by atoms with Crippen LogP contribution in [0.2, 0.25) is 0 Å². The molecule has 366 valence electrons. The summed E-state index contributed by atoms with van der Waals surface area (Å²) in [5.41, 5.74) is 0.0911. The smallest absolute Gasteiger partial charge is 0.407 e. The van der Waals surface area contributed by atoms with Gasteiger partial charge in [-0.1, -0.05) is 74.5 Å². The molecule has 66 heavy (non-hydrogen) atoms. The number of urea groups is 1. The Labute approximate surface area is 390 Å². The highest BCUT2D eigenvalue weighted by atomic mass is 16.6. The van der Waals surface area contributed by atoms with Crippen LogP contribution in [0.5, 0.6) is 0 Å². The number of alkyl carbamates (subject to hydrolysis) is 3. The van der Waals surface area contributed by atoms with Crippen LogP contribution in [-0.2, 0) is 35.0 Å². The van der Waals surface area contributed by atoms with Crippen LogP contribution in [0.1, 0.15) is 111 Å². The van der Waals surface area contributed by atoms with E-state index in [0.717, 1.165) is 11.1 Å². The molecular weight excluding hydrogens is 849 g/mol. The van der Waals surface area contributed by atoms with Gasteiger partial charge in [0, 0.05) is 45.7 Å². The maximum absolute atomic E-state index is 14.4. The number of benzene rings is 2. The van der Waals surface area contributed by atoms with Crippen LogP contribution >= 0.6 is 0 Å². The Morgan fingerprint density at radius 1 is 0.712 bits per heavy atom. The Morgan fingerprint density at radius 3 is 1.82 bits per heavy atom. The molecule has 0 bridgehead atoms. The zero-order valence-electron chi connectivity index (χ0n) is 40.5. The van der Waals surface area contributed by atoms with Crippen molar-refractivity contribution in [2.24, 2.45) is 5.92 Å². The molecule has 0 radical (unpaired) electrons. The number of hydrogen-bond acceptors (Lipinski definition) is 10. The summed E-state index contributed by atoms with van der Waals surface area (Å²) in [6.45, 7) is 15.4. The van der Waals surface area contributed by atoms with Crippen LogP contribution in [0.4, 0.5) is 19.2 Å². The number of carbonyl (C=O) groups excluding carboxylic acids is 7. The Bertz CT molecular complexity index is 1880. The third-order valence-corrected chi connectivity index (χ3v) is 10.6. The number of amides is 8. The molecule has 1 heterocycles. The number of rotatable bonds is 20. The molecule has 0 aliphatic carbocycles. The second-order valence-electron chi connectivity index (χ2n) is 19.0. The summed E-state index contributed by atoms with van der Waals surface area (Å²) in [5, 5.41) is 17.0. The Morgan fingerprint density at radius 2 is 1.26 bits per heavy atom. The molecule has 18 nitrogen and oxygen atoms in total. The highest BCUT2D eigenvalue weighted by Gasteiger charge is 2.34. The van der Waals surface area contributed by atoms with Crippen LogP contribution in [0, 0.1) is 5.92 Å². The summed E-state index contributed by atoms with van der Waals surface area (Å²) in [6, 6.07) is 13.7. The molecule has 1 fully saturated rings. The van der Waals surface area contributed by atoms with Gasteiger partial charge in [0.05, 0.1) is 13.2 Å². The maximum atomic E-state index is 14.4. The summed E-state index contributed by atoms with van der Waals surface area (Å²) >= 11 is 0. The first-order chi connectivity index (χ1) is 31.0. The van der Waals surface area contributed by atoms with Crippen LogP contribution in [0.15, 0.2) is 60.7 Å². The van der Waals surface area contributed by atoms with Gasteiger partial charge < -0.3 is 55.9 Å². The van der Waals surface area contributed by atoms with Gasteiger partial charge in [-0.25, -0.2) is 19.2 Å². The van der Waals surface area contributed by atoms with Crippen molar-refractivity contribution in [2.45, 2.75) is 142 Å². The lowest BCUT2D eigenvalue weighted by Gasteiger charge is -2.35. The summed E-state index contributed by atoms with van der Waals surface area (Å²) in [4.78, 5) is 96.9. The quantitative estimate of drug-likeness (QED) is 0.0716. The molecule has 1 saturated heterocycles. The standard InChI is InChI=1S/C48H74N8O10/c1-32(2)29-37(40(57)52-36(23-17-18-26-49-44(61)65-47(3,4)5)42(59)56-27-24-35(25-28-56)51-46(63)64-10)53-41(58)38(30-33-19-13-11-14-20-33)54-43(60)55(9)39(34-21-15-12-16-22-34)31-50-45(62)66-48(6,7)8/h11-16,19-22,32,35-39H,17-18,23-31H2,1-10H3,(H,49,61)(H,50,62)(H,51,63)(H,52,57)(H,53,58)(H,54,60)/t36-,37-,38-,39?/m1/s1.